The number of hydrogen-bond donors (Lipinski definition) is 0. The maximum absolute atomic E-state index is 12.4. The van der Waals surface area contributed by atoms with Crippen LogP contribution in [0.2, 0.25) is 0 Å². The quantitative estimate of drug-likeness (QED) is 0.274. The van der Waals surface area contributed by atoms with Gasteiger partial charge in [-0.3, -0.25) is 4.79 Å². The minimum absolute atomic E-state index is 0.0414. The first-order valence-electron chi connectivity index (χ1n) is 13.1. The van der Waals surface area contributed by atoms with E-state index in [2.05, 4.69) is 19.1 Å². The molecule has 32 heavy (non-hydrogen) atoms. The highest BCUT2D eigenvalue weighted by atomic mass is 16.7. The molecule has 5 rings (SSSR count). The molecule has 6 nitrogen and oxygen atoms in total. The second-order valence-corrected chi connectivity index (χ2v) is 10.3. The van der Waals surface area contributed by atoms with Gasteiger partial charge < -0.3 is 23.7 Å². The largest absolute Gasteiger partial charge is 0.357 e. The highest BCUT2D eigenvalue weighted by molar-refractivity contribution is 5.91. The first-order chi connectivity index (χ1) is 15.7. The van der Waals surface area contributed by atoms with E-state index in [-0.39, 0.29) is 54.1 Å². The first kappa shape index (κ1) is 23.0. The third-order valence-corrected chi connectivity index (χ3v) is 8.05. The van der Waals surface area contributed by atoms with E-state index in [9.17, 15) is 4.79 Å². The predicted molar refractivity (Wildman–Crippen MR) is 119 cm³/mol. The normalized spacial score (nSPS) is 42.2. The third-order valence-electron chi connectivity index (χ3n) is 8.05. The summed E-state index contributed by atoms with van der Waals surface area (Å²) in [6, 6.07) is 0. The Morgan fingerprint density at radius 2 is 1.88 bits per heavy atom. The van der Waals surface area contributed by atoms with Crippen molar-refractivity contribution < 1.29 is 28.5 Å². The van der Waals surface area contributed by atoms with Crippen LogP contribution in [0.25, 0.3) is 0 Å². The van der Waals surface area contributed by atoms with Gasteiger partial charge in [-0.2, -0.15) is 0 Å². The minimum Gasteiger partial charge on any atom is -0.357 e. The zero-order chi connectivity index (χ0) is 22.0. The predicted octanol–water partition coefficient (Wildman–Crippen LogP) is 4.69. The summed E-state index contributed by atoms with van der Waals surface area (Å²) < 4.78 is 30.6. The van der Waals surface area contributed by atoms with Gasteiger partial charge in [0.2, 0.25) is 0 Å². The minimum atomic E-state index is -0.281. The molecule has 6 heteroatoms. The van der Waals surface area contributed by atoms with E-state index < -0.39 is 0 Å². The van der Waals surface area contributed by atoms with Gasteiger partial charge in [0.25, 0.3) is 0 Å². The number of ketones is 1. The summed E-state index contributed by atoms with van der Waals surface area (Å²) in [4.78, 5) is 12.4. The average Bonchev–Trinajstić information content (AvgIpc) is 3.38. The Morgan fingerprint density at radius 3 is 2.56 bits per heavy atom. The second kappa shape index (κ2) is 10.2. The Morgan fingerprint density at radius 1 is 1.09 bits per heavy atom. The lowest BCUT2D eigenvalue weighted by Crippen LogP contribution is -2.31. The zero-order valence-corrected chi connectivity index (χ0v) is 19.5. The molecular formula is C26H40O6. The van der Waals surface area contributed by atoms with Gasteiger partial charge in [-0.25, -0.2) is 0 Å². The van der Waals surface area contributed by atoms with Crippen molar-refractivity contribution in [1.82, 2.24) is 0 Å². The smallest absolute Gasteiger partial charge is 0.165 e. The summed E-state index contributed by atoms with van der Waals surface area (Å²) in [5.41, 5.74) is -0.281. The van der Waals surface area contributed by atoms with Crippen molar-refractivity contribution in [2.24, 2.45) is 11.8 Å². The number of carbonyl (C=O) groups excluding carboxylic acids is 1. The molecule has 3 aliphatic heterocycles. The van der Waals surface area contributed by atoms with Crippen LogP contribution >= 0.6 is 0 Å². The molecule has 0 aromatic heterocycles. The standard InChI is InChI=1S/C26H40O6/c1-2-3-4-9-18(30-23-10-5-7-14-28-23)12-13-19-20-16-21(27)25-26(20,32-25)17-22(19)31-24-11-6-8-15-29-24/h12-13,18-20,22-25H,2-11,14-17H2,1H3/t18-,19+,20?,22+,23?,24?,25+,26-/m0/s1. The summed E-state index contributed by atoms with van der Waals surface area (Å²) in [5, 5.41) is 0. The molecule has 180 valence electrons. The van der Waals surface area contributed by atoms with Crippen molar-refractivity contribution in [3.63, 3.8) is 0 Å². The number of epoxide rings is 1. The van der Waals surface area contributed by atoms with Crippen LogP contribution in [-0.4, -0.2) is 55.5 Å². The molecule has 8 atom stereocenters. The fraction of sp³-hybridized carbons (Fsp3) is 0.885. The van der Waals surface area contributed by atoms with E-state index in [1.165, 1.54) is 19.3 Å². The molecular weight excluding hydrogens is 408 g/mol. The lowest BCUT2D eigenvalue weighted by molar-refractivity contribution is -0.193. The number of rotatable bonds is 10. The molecule has 0 amide bonds. The van der Waals surface area contributed by atoms with Gasteiger partial charge in [0.1, 0.15) is 11.7 Å². The Kier molecular flexibility index (Phi) is 7.34. The Hall–Kier alpha value is -0.790. The van der Waals surface area contributed by atoms with Gasteiger partial charge in [-0.05, 0) is 44.9 Å². The number of unbranched alkanes of at least 4 members (excludes halogenated alkanes) is 2. The van der Waals surface area contributed by atoms with Crippen LogP contribution in [0.3, 0.4) is 0 Å². The van der Waals surface area contributed by atoms with Gasteiger partial charge in [0, 0.05) is 37.9 Å². The highest BCUT2D eigenvalue weighted by Gasteiger charge is 2.75. The lowest BCUT2D eigenvalue weighted by Gasteiger charge is -2.29. The molecule has 3 unspecified atom stereocenters. The van der Waals surface area contributed by atoms with Crippen molar-refractivity contribution in [3.05, 3.63) is 12.2 Å². The van der Waals surface area contributed by atoms with Crippen LogP contribution in [0.1, 0.15) is 84.0 Å². The van der Waals surface area contributed by atoms with E-state index in [0.717, 1.165) is 64.6 Å². The molecule has 0 aromatic carbocycles. The van der Waals surface area contributed by atoms with Crippen LogP contribution in [0.5, 0.6) is 0 Å². The van der Waals surface area contributed by atoms with E-state index in [1.807, 2.05) is 0 Å². The number of ether oxygens (including phenoxy) is 5. The first-order valence-corrected chi connectivity index (χ1v) is 13.1. The van der Waals surface area contributed by atoms with Gasteiger partial charge in [-0.1, -0.05) is 38.3 Å². The summed E-state index contributed by atoms with van der Waals surface area (Å²) in [6.45, 7) is 3.80. The molecule has 2 aliphatic carbocycles. The topological polar surface area (TPSA) is 66.5 Å². The number of hydrogen-bond acceptors (Lipinski definition) is 6. The molecule has 0 aromatic rings. The van der Waals surface area contributed by atoms with Crippen LogP contribution in [0.4, 0.5) is 0 Å². The molecule has 5 aliphatic rings. The van der Waals surface area contributed by atoms with Crippen molar-refractivity contribution >= 4 is 5.78 Å². The molecule has 5 fully saturated rings. The van der Waals surface area contributed by atoms with Crippen molar-refractivity contribution in [1.29, 1.82) is 0 Å². The zero-order valence-electron chi connectivity index (χ0n) is 19.5. The molecule has 0 radical (unpaired) electrons. The second-order valence-electron chi connectivity index (χ2n) is 10.3. The average molecular weight is 449 g/mol. The summed E-state index contributed by atoms with van der Waals surface area (Å²) in [7, 11) is 0. The number of Topliss-reactive ketones (excluding diaryl/α,β-unsaturated/α-hetero) is 1. The van der Waals surface area contributed by atoms with Crippen LogP contribution in [-0.2, 0) is 28.5 Å². The molecule has 0 bridgehead atoms. The van der Waals surface area contributed by atoms with Crippen LogP contribution < -0.4 is 0 Å². The monoisotopic (exact) mass is 448 g/mol. The summed E-state index contributed by atoms with van der Waals surface area (Å²) >= 11 is 0. The molecule has 1 spiro atoms. The van der Waals surface area contributed by atoms with Gasteiger partial charge in [0.05, 0.1) is 12.2 Å². The van der Waals surface area contributed by atoms with Gasteiger partial charge in [0.15, 0.2) is 18.4 Å². The highest BCUT2D eigenvalue weighted by Crippen LogP contribution is 2.63. The van der Waals surface area contributed by atoms with E-state index in [4.69, 9.17) is 23.7 Å². The lowest BCUT2D eigenvalue weighted by atomic mass is 9.89. The maximum Gasteiger partial charge on any atom is 0.165 e. The Labute approximate surface area is 192 Å². The fourth-order valence-corrected chi connectivity index (χ4v) is 6.26. The van der Waals surface area contributed by atoms with Crippen LogP contribution in [0.15, 0.2) is 12.2 Å². The Balaban J connectivity index is 1.28. The SMILES string of the molecule is CCCCC[C@@H](C=C[C@@H]1C2CC(=O)[C@H]3O[C@@]23C[C@H]1OC1CCCCO1)OC1CCCCO1. The fourth-order valence-electron chi connectivity index (χ4n) is 6.26. The van der Waals surface area contributed by atoms with Crippen molar-refractivity contribution in [2.45, 2.75) is 120 Å². The summed E-state index contributed by atoms with van der Waals surface area (Å²) in [6.07, 6.45) is 16.6. The molecule has 3 saturated heterocycles. The van der Waals surface area contributed by atoms with Gasteiger partial charge >= 0.3 is 0 Å². The van der Waals surface area contributed by atoms with E-state index in [1.54, 1.807) is 0 Å². The van der Waals surface area contributed by atoms with Crippen molar-refractivity contribution in [3.8, 4) is 0 Å². The molecule has 3 heterocycles. The Bertz CT molecular complexity index is 667. The van der Waals surface area contributed by atoms with Crippen molar-refractivity contribution in [2.75, 3.05) is 13.2 Å². The maximum atomic E-state index is 12.4. The van der Waals surface area contributed by atoms with Gasteiger partial charge in [-0.15, -0.1) is 0 Å². The third kappa shape index (κ3) is 4.85. The summed E-state index contributed by atoms with van der Waals surface area (Å²) in [5.74, 6) is 0.653. The van der Waals surface area contributed by atoms with E-state index in [0.29, 0.717) is 6.42 Å². The molecule has 2 saturated carbocycles. The molecule has 0 N–H and O–H groups in total. The van der Waals surface area contributed by atoms with Crippen LogP contribution in [0, 0.1) is 11.8 Å². The number of carbonyl (C=O) groups is 1. The van der Waals surface area contributed by atoms with E-state index >= 15 is 0 Å².